The monoisotopic (exact) mass is 171 g/mol. The fourth-order valence-corrected chi connectivity index (χ4v) is 1.28. The van der Waals surface area contributed by atoms with Crippen molar-refractivity contribution < 1.29 is 4.79 Å². The van der Waals surface area contributed by atoms with E-state index in [-0.39, 0.29) is 11.4 Å². The Morgan fingerprint density at radius 2 is 2.33 bits per heavy atom. The molecule has 0 aromatic carbocycles. The number of nitrogens with zero attached hydrogens (tertiary/aromatic N) is 1. The largest absolute Gasteiger partial charge is 0.354 e. The molecule has 0 saturated carbocycles. The van der Waals surface area contributed by atoms with Gasteiger partial charge in [-0.15, -0.1) is 0 Å². The molecular formula is C8H17N3O. The van der Waals surface area contributed by atoms with Gasteiger partial charge in [-0.1, -0.05) is 0 Å². The lowest BCUT2D eigenvalue weighted by molar-refractivity contribution is -0.125. The van der Waals surface area contributed by atoms with E-state index in [9.17, 15) is 4.79 Å². The van der Waals surface area contributed by atoms with Crippen molar-refractivity contribution in [2.75, 3.05) is 26.2 Å². The molecule has 0 radical (unpaired) electrons. The average molecular weight is 171 g/mol. The molecule has 4 heteroatoms. The SMILES string of the molecule is CC(C)(CN)N1CCNC(=O)C1. The van der Waals surface area contributed by atoms with Crippen molar-refractivity contribution in [3.63, 3.8) is 0 Å². The Kier molecular flexibility index (Phi) is 2.69. The molecule has 0 unspecified atom stereocenters. The molecule has 1 aliphatic rings. The summed E-state index contributed by atoms with van der Waals surface area (Å²) in [4.78, 5) is 13.2. The number of nitrogens with one attached hydrogen (secondary N) is 1. The van der Waals surface area contributed by atoms with Crippen molar-refractivity contribution in [2.45, 2.75) is 19.4 Å². The summed E-state index contributed by atoms with van der Waals surface area (Å²) < 4.78 is 0. The summed E-state index contributed by atoms with van der Waals surface area (Å²) in [6.07, 6.45) is 0. The van der Waals surface area contributed by atoms with E-state index in [0.717, 1.165) is 13.1 Å². The third-order valence-electron chi connectivity index (χ3n) is 2.39. The number of hydrogen-bond acceptors (Lipinski definition) is 3. The number of amides is 1. The van der Waals surface area contributed by atoms with Crippen LogP contribution in [0.3, 0.4) is 0 Å². The van der Waals surface area contributed by atoms with Gasteiger partial charge in [0, 0.05) is 25.2 Å². The predicted octanol–water partition coefficient (Wildman–Crippen LogP) is -0.844. The van der Waals surface area contributed by atoms with Gasteiger partial charge < -0.3 is 11.1 Å². The molecule has 1 fully saturated rings. The van der Waals surface area contributed by atoms with Crippen LogP contribution in [0, 0.1) is 0 Å². The van der Waals surface area contributed by atoms with Crippen molar-refractivity contribution >= 4 is 5.91 Å². The molecule has 1 rings (SSSR count). The highest BCUT2D eigenvalue weighted by Crippen LogP contribution is 2.12. The molecule has 1 aliphatic heterocycles. The van der Waals surface area contributed by atoms with E-state index >= 15 is 0 Å². The number of piperazine rings is 1. The van der Waals surface area contributed by atoms with Crippen molar-refractivity contribution in [3.05, 3.63) is 0 Å². The molecule has 4 nitrogen and oxygen atoms in total. The van der Waals surface area contributed by atoms with E-state index in [2.05, 4.69) is 24.1 Å². The van der Waals surface area contributed by atoms with Gasteiger partial charge in [-0.3, -0.25) is 9.69 Å². The molecule has 0 aromatic rings. The van der Waals surface area contributed by atoms with Gasteiger partial charge in [0.2, 0.25) is 5.91 Å². The van der Waals surface area contributed by atoms with Crippen LogP contribution >= 0.6 is 0 Å². The fraction of sp³-hybridized carbons (Fsp3) is 0.875. The van der Waals surface area contributed by atoms with Crippen LogP contribution in [-0.2, 0) is 4.79 Å². The van der Waals surface area contributed by atoms with Crippen molar-refractivity contribution in [3.8, 4) is 0 Å². The topological polar surface area (TPSA) is 58.4 Å². The Hall–Kier alpha value is -0.610. The Balaban J connectivity index is 2.56. The lowest BCUT2D eigenvalue weighted by Gasteiger charge is -2.39. The zero-order valence-corrected chi connectivity index (χ0v) is 7.76. The summed E-state index contributed by atoms with van der Waals surface area (Å²) in [6.45, 7) is 6.82. The molecule has 1 saturated heterocycles. The molecule has 0 aliphatic carbocycles. The van der Waals surface area contributed by atoms with Gasteiger partial charge in [0.05, 0.1) is 6.54 Å². The van der Waals surface area contributed by atoms with Gasteiger partial charge in [0.15, 0.2) is 0 Å². The van der Waals surface area contributed by atoms with Crippen molar-refractivity contribution in [1.29, 1.82) is 0 Å². The molecule has 0 atom stereocenters. The van der Waals surface area contributed by atoms with Gasteiger partial charge in [-0.2, -0.15) is 0 Å². The normalized spacial score (nSPS) is 20.8. The van der Waals surface area contributed by atoms with E-state index < -0.39 is 0 Å². The number of carbonyl (C=O) groups is 1. The summed E-state index contributed by atoms with van der Waals surface area (Å²) in [5.41, 5.74) is 5.55. The van der Waals surface area contributed by atoms with E-state index in [1.165, 1.54) is 0 Å². The van der Waals surface area contributed by atoms with Crippen LogP contribution in [0.25, 0.3) is 0 Å². The number of nitrogens with two attached hydrogens (primary N) is 1. The summed E-state index contributed by atoms with van der Waals surface area (Å²) in [6, 6.07) is 0. The molecule has 1 heterocycles. The Morgan fingerprint density at radius 3 is 2.83 bits per heavy atom. The smallest absolute Gasteiger partial charge is 0.234 e. The summed E-state index contributed by atoms with van der Waals surface area (Å²) >= 11 is 0. The number of rotatable bonds is 2. The van der Waals surface area contributed by atoms with Gasteiger partial charge >= 0.3 is 0 Å². The quantitative estimate of drug-likeness (QED) is 0.569. The second-order valence-corrected chi connectivity index (χ2v) is 3.79. The second kappa shape index (κ2) is 3.41. The van der Waals surface area contributed by atoms with Crippen LogP contribution in [0.5, 0.6) is 0 Å². The first-order valence-corrected chi connectivity index (χ1v) is 4.28. The van der Waals surface area contributed by atoms with Crippen LogP contribution < -0.4 is 11.1 Å². The van der Waals surface area contributed by atoms with Gasteiger partial charge in [0.25, 0.3) is 0 Å². The van der Waals surface area contributed by atoms with Crippen molar-refractivity contribution in [1.82, 2.24) is 10.2 Å². The minimum atomic E-state index is -0.0578. The van der Waals surface area contributed by atoms with Crippen LogP contribution in [0.15, 0.2) is 0 Å². The van der Waals surface area contributed by atoms with Gasteiger partial charge in [-0.25, -0.2) is 0 Å². The number of hydrogen-bond donors (Lipinski definition) is 2. The maximum atomic E-state index is 11.0. The molecule has 70 valence electrons. The molecule has 12 heavy (non-hydrogen) atoms. The molecule has 3 N–H and O–H groups in total. The molecule has 0 bridgehead atoms. The summed E-state index contributed by atoms with van der Waals surface area (Å²) in [5, 5.41) is 2.79. The molecule has 0 spiro atoms. The highest BCUT2D eigenvalue weighted by molar-refractivity contribution is 5.78. The molecular weight excluding hydrogens is 154 g/mol. The van der Waals surface area contributed by atoms with Crippen molar-refractivity contribution in [2.24, 2.45) is 5.73 Å². The van der Waals surface area contributed by atoms with Crippen LogP contribution in [0.2, 0.25) is 0 Å². The predicted molar refractivity (Wildman–Crippen MR) is 47.7 cm³/mol. The first-order chi connectivity index (χ1) is 5.56. The third-order valence-corrected chi connectivity index (χ3v) is 2.39. The van der Waals surface area contributed by atoms with E-state index in [1.54, 1.807) is 0 Å². The minimum absolute atomic E-state index is 0.0578. The standard InChI is InChI=1S/C8H17N3O/c1-8(2,6-9)11-4-3-10-7(12)5-11/h3-6,9H2,1-2H3,(H,10,12). The summed E-state index contributed by atoms with van der Waals surface area (Å²) in [5.74, 6) is 0.0998. The zero-order valence-electron chi connectivity index (χ0n) is 7.76. The fourth-order valence-electron chi connectivity index (χ4n) is 1.28. The second-order valence-electron chi connectivity index (χ2n) is 3.79. The maximum Gasteiger partial charge on any atom is 0.234 e. The van der Waals surface area contributed by atoms with Crippen LogP contribution in [0.4, 0.5) is 0 Å². The lowest BCUT2D eigenvalue weighted by atomic mass is 10.0. The maximum absolute atomic E-state index is 11.0. The van der Waals surface area contributed by atoms with Crippen LogP contribution in [0.1, 0.15) is 13.8 Å². The lowest BCUT2D eigenvalue weighted by Crippen LogP contribution is -2.58. The Bertz CT molecular complexity index is 179. The number of carbonyl (C=O) groups excluding carboxylic acids is 1. The Labute approximate surface area is 73.1 Å². The summed E-state index contributed by atoms with van der Waals surface area (Å²) in [7, 11) is 0. The first-order valence-electron chi connectivity index (χ1n) is 4.28. The molecule has 0 aromatic heterocycles. The first kappa shape index (κ1) is 9.48. The highest BCUT2D eigenvalue weighted by Gasteiger charge is 2.28. The van der Waals surface area contributed by atoms with Crippen LogP contribution in [-0.4, -0.2) is 42.5 Å². The van der Waals surface area contributed by atoms with E-state index in [0.29, 0.717) is 13.1 Å². The average Bonchev–Trinajstić information content (AvgIpc) is 2.05. The Morgan fingerprint density at radius 1 is 1.67 bits per heavy atom. The zero-order chi connectivity index (χ0) is 9.19. The third kappa shape index (κ3) is 1.95. The molecule has 1 amide bonds. The minimum Gasteiger partial charge on any atom is -0.354 e. The van der Waals surface area contributed by atoms with Gasteiger partial charge in [0.1, 0.15) is 0 Å². The van der Waals surface area contributed by atoms with E-state index in [4.69, 9.17) is 5.73 Å². The van der Waals surface area contributed by atoms with E-state index in [1.807, 2.05) is 0 Å². The van der Waals surface area contributed by atoms with Gasteiger partial charge in [-0.05, 0) is 13.8 Å². The highest BCUT2D eigenvalue weighted by atomic mass is 16.2.